The number of carbonyl (C=O) groups excluding carboxylic acids is 2. The molecule has 1 amide bonds. The molecule has 9 nitrogen and oxygen atoms in total. The molecule has 0 radical (unpaired) electrons. The molecule has 0 aliphatic carbocycles. The van der Waals surface area contributed by atoms with Gasteiger partial charge in [0.05, 0.1) is 35.5 Å². The molecule has 1 aliphatic heterocycles. The van der Waals surface area contributed by atoms with Gasteiger partial charge in [0.2, 0.25) is 5.78 Å². The number of fused-ring (bicyclic) bond motifs is 2. The van der Waals surface area contributed by atoms with E-state index >= 15 is 0 Å². The fraction of sp³-hybridized carbons (Fsp3) is 0.156. The fourth-order valence-electron chi connectivity index (χ4n) is 5.01. The molecule has 1 atom stereocenters. The van der Waals surface area contributed by atoms with E-state index in [2.05, 4.69) is 11.6 Å². The number of ketones is 1. The maximum Gasteiger partial charge on any atom is 0.296 e. The topological polar surface area (TPSA) is 111 Å². The number of Topliss-reactive ketones (excluding diaryl/α,β-unsaturated/α-hetero) is 1. The zero-order valence-corrected chi connectivity index (χ0v) is 24.7. The Bertz CT molecular complexity index is 1940. The van der Waals surface area contributed by atoms with Crippen molar-refractivity contribution in [2.45, 2.75) is 13.0 Å². The Kier molecular flexibility index (Phi) is 7.55. The Morgan fingerprint density at radius 2 is 1.98 bits per heavy atom. The first kappa shape index (κ1) is 28.3. The number of anilines is 1. The summed E-state index contributed by atoms with van der Waals surface area (Å²) in [5.74, 6) is -0.904. The molecule has 1 unspecified atom stereocenters. The summed E-state index contributed by atoms with van der Waals surface area (Å²) in [6.45, 7) is 6.11. The molecule has 11 heteroatoms. The molecule has 3 heterocycles. The maximum absolute atomic E-state index is 14.1. The SMILES string of the molecule is C=CCOc1ccc(C2C(C(=O)c3cc4cccc(OC)c4o3)=C(O)C(=O)N2c2nc3ccc(Cl)cc3s2)cc1OCC. The number of aromatic nitrogens is 1. The Morgan fingerprint density at radius 3 is 2.74 bits per heavy atom. The lowest BCUT2D eigenvalue weighted by Crippen LogP contribution is -2.31. The van der Waals surface area contributed by atoms with Crippen molar-refractivity contribution in [1.82, 2.24) is 4.98 Å². The van der Waals surface area contributed by atoms with Gasteiger partial charge in [0.1, 0.15) is 6.61 Å². The Labute approximate surface area is 255 Å². The lowest BCUT2D eigenvalue weighted by Gasteiger charge is -2.25. The van der Waals surface area contributed by atoms with Crippen molar-refractivity contribution >= 4 is 60.9 Å². The predicted octanol–water partition coefficient (Wildman–Crippen LogP) is 7.45. The molecular formula is C32H25ClN2O7S. The summed E-state index contributed by atoms with van der Waals surface area (Å²) in [5, 5.41) is 12.7. The molecule has 218 valence electrons. The molecule has 0 bridgehead atoms. The molecule has 0 saturated heterocycles. The van der Waals surface area contributed by atoms with E-state index in [9.17, 15) is 14.7 Å². The maximum atomic E-state index is 14.1. The van der Waals surface area contributed by atoms with E-state index in [1.54, 1.807) is 66.7 Å². The number of methoxy groups -OCH3 is 1. The van der Waals surface area contributed by atoms with E-state index in [-0.39, 0.29) is 23.1 Å². The van der Waals surface area contributed by atoms with Crippen LogP contribution in [0.3, 0.4) is 0 Å². The highest BCUT2D eigenvalue weighted by atomic mass is 35.5. The lowest BCUT2D eigenvalue weighted by molar-refractivity contribution is -0.117. The zero-order chi connectivity index (χ0) is 30.2. The van der Waals surface area contributed by atoms with Crippen LogP contribution in [0.1, 0.15) is 29.1 Å². The van der Waals surface area contributed by atoms with E-state index in [1.807, 2.05) is 6.92 Å². The molecule has 0 spiro atoms. The number of carbonyl (C=O) groups is 2. The third-order valence-corrected chi connectivity index (χ3v) is 8.14. The van der Waals surface area contributed by atoms with E-state index < -0.39 is 23.5 Å². The normalized spacial score (nSPS) is 15.0. The molecule has 3 aromatic carbocycles. The number of ether oxygens (including phenoxy) is 3. The predicted molar refractivity (Wildman–Crippen MR) is 165 cm³/mol. The zero-order valence-electron chi connectivity index (χ0n) is 23.1. The van der Waals surface area contributed by atoms with Crippen LogP contribution in [0.15, 0.2) is 89.1 Å². The first-order valence-corrected chi connectivity index (χ1v) is 14.5. The van der Waals surface area contributed by atoms with E-state index in [0.29, 0.717) is 50.9 Å². The van der Waals surface area contributed by atoms with Crippen molar-refractivity contribution < 1.29 is 33.3 Å². The number of thiazole rings is 1. The van der Waals surface area contributed by atoms with Gasteiger partial charge in [-0.1, -0.05) is 53.8 Å². The van der Waals surface area contributed by atoms with Gasteiger partial charge in [-0.2, -0.15) is 0 Å². The van der Waals surface area contributed by atoms with Crippen LogP contribution in [0.25, 0.3) is 21.2 Å². The average molecular weight is 617 g/mol. The van der Waals surface area contributed by atoms with E-state index in [4.69, 9.17) is 30.2 Å². The number of rotatable bonds is 10. The van der Waals surface area contributed by atoms with Crippen molar-refractivity contribution in [3.8, 4) is 17.2 Å². The molecule has 2 aromatic heterocycles. The Morgan fingerprint density at radius 1 is 1.14 bits per heavy atom. The number of nitrogens with zero attached hydrogens (tertiary/aromatic N) is 2. The first-order chi connectivity index (χ1) is 20.8. The van der Waals surface area contributed by atoms with Gasteiger partial charge >= 0.3 is 0 Å². The van der Waals surface area contributed by atoms with Gasteiger partial charge in [-0.25, -0.2) is 4.98 Å². The summed E-state index contributed by atoms with van der Waals surface area (Å²) >= 11 is 7.42. The quantitative estimate of drug-likeness (QED) is 0.127. The third-order valence-electron chi connectivity index (χ3n) is 6.89. The minimum atomic E-state index is -1.07. The van der Waals surface area contributed by atoms with Crippen LogP contribution in [0.5, 0.6) is 17.2 Å². The first-order valence-electron chi connectivity index (χ1n) is 13.3. The second kappa shape index (κ2) is 11.5. The number of para-hydroxylation sites is 1. The van der Waals surface area contributed by atoms with Gasteiger partial charge in [-0.05, 0) is 55.0 Å². The molecule has 1 N–H and O–H groups in total. The van der Waals surface area contributed by atoms with Crippen molar-refractivity contribution in [3.63, 3.8) is 0 Å². The number of hydrogen-bond donors (Lipinski definition) is 1. The van der Waals surface area contributed by atoms with Crippen LogP contribution in [0.4, 0.5) is 5.13 Å². The highest BCUT2D eigenvalue weighted by molar-refractivity contribution is 7.22. The molecule has 0 fully saturated rings. The highest BCUT2D eigenvalue weighted by Gasteiger charge is 2.47. The van der Waals surface area contributed by atoms with E-state index in [0.717, 1.165) is 4.70 Å². The number of aliphatic hydroxyl groups excluding tert-OH is 1. The molecule has 0 saturated carbocycles. The molecular weight excluding hydrogens is 592 g/mol. The Balaban J connectivity index is 1.52. The monoisotopic (exact) mass is 616 g/mol. The molecule has 5 aromatic rings. The van der Waals surface area contributed by atoms with Crippen LogP contribution in [0.2, 0.25) is 5.02 Å². The van der Waals surface area contributed by atoms with Crippen LogP contribution in [-0.4, -0.2) is 42.1 Å². The number of amides is 1. The third kappa shape index (κ3) is 4.98. The van der Waals surface area contributed by atoms with E-state index in [1.165, 1.54) is 23.3 Å². The lowest BCUT2D eigenvalue weighted by atomic mass is 9.95. The number of halogens is 1. The number of aliphatic hydroxyl groups is 1. The largest absolute Gasteiger partial charge is 0.503 e. The van der Waals surface area contributed by atoms with Crippen molar-refractivity contribution in [2.24, 2.45) is 0 Å². The second-order valence-corrected chi connectivity index (χ2v) is 11.0. The summed E-state index contributed by atoms with van der Waals surface area (Å²) in [7, 11) is 1.50. The molecule has 6 rings (SSSR count). The van der Waals surface area contributed by atoms with Gasteiger partial charge < -0.3 is 23.7 Å². The molecule has 1 aliphatic rings. The number of furan rings is 1. The second-order valence-electron chi connectivity index (χ2n) is 9.51. The van der Waals surface area contributed by atoms with Crippen LogP contribution in [0, 0.1) is 0 Å². The van der Waals surface area contributed by atoms with Crippen molar-refractivity contribution in [3.05, 3.63) is 101 Å². The van der Waals surface area contributed by atoms with Crippen LogP contribution < -0.4 is 19.1 Å². The van der Waals surface area contributed by atoms with Gasteiger partial charge in [-0.3, -0.25) is 14.5 Å². The minimum absolute atomic E-state index is 0.0623. The standard InChI is InChI=1S/C32H25ClN2O7S/c1-4-13-41-21-12-9-17(14-23(21)40-5-2)27-26(28(36)24-15-18-7-6-8-22(39-3)30(18)42-24)29(37)31(38)35(27)32-34-20-11-10-19(33)16-25(20)43-32/h4,6-12,14-16,27,37H,1,5,13H2,2-3H3. The fourth-order valence-corrected chi connectivity index (χ4v) is 6.28. The highest BCUT2D eigenvalue weighted by Crippen LogP contribution is 2.46. The number of hydrogen-bond acceptors (Lipinski definition) is 9. The summed E-state index contributed by atoms with van der Waals surface area (Å²) in [5.41, 5.74) is 1.31. The summed E-state index contributed by atoms with van der Waals surface area (Å²) in [6, 6.07) is 16.0. The van der Waals surface area contributed by atoms with Gasteiger partial charge in [-0.15, -0.1) is 0 Å². The van der Waals surface area contributed by atoms with Crippen molar-refractivity contribution in [1.29, 1.82) is 0 Å². The minimum Gasteiger partial charge on any atom is -0.503 e. The van der Waals surface area contributed by atoms with Gasteiger partial charge in [0.25, 0.3) is 5.91 Å². The van der Waals surface area contributed by atoms with Crippen LogP contribution in [-0.2, 0) is 4.79 Å². The smallest absolute Gasteiger partial charge is 0.296 e. The van der Waals surface area contributed by atoms with Crippen molar-refractivity contribution in [2.75, 3.05) is 25.2 Å². The molecule has 43 heavy (non-hydrogen) atoms. The summed E-state index contributed by atoms with van der Waals surface area (Å²) in [4.78, 5) is 33.8. The van der Waals surface area contributed by atoms with Gasteiger partial charge in [0, 0.05) is 10.4 Å². The summed E-state index contributed by atoms with van der Waals surface area (Å²) < 4.78 is 23.7. The average Bonchev–Trinajstić information content (AvgIpc) is 3.70. The summed E-state index contributed by atoms with van der Waals surface area (Å²) in [6.07, 6.45) is 1.61. The Hall–Kier alpha value is -4.80. The van der Waals surface area contributed by atoms with Crippen LogP contribution >= 0.6 is 22.9 Å². The van der Waals surface area contributed by atoms with Gasteiger partial charge in [0.15, 0.2) is 39.5 Å². The number of benzene rings is 3.